The second-order valence-electron chi connectivity index (χ2n) is 7.03. The van der Waals surface area contributed by atoms with Gasteiger partial charge in [-0.3, -0.25) is 0 Å². The number of aromatic nitrogens is 2. The van der Waals surface area contributed by atoms with Crippen LogP contribution < -0.4 is 4.90 Å². The zero-order valence-electron chi connectivity index (χ0n) is 15.0. The summed E-state index contributed by atoms with van der Waals surface area (Å²) in [6, 6.07) is 6.34. The van der Waals surface area contributed by atoms with E-state index < -0.39 is 6.09 Å². The summed E-state index contributed by atoms with van der Waals surface area (Å²) in [4.78, 5) is 23.9. The van der Waals surface area contributed by atoms with E-state index in [2.05, 4.69) is 33.1 Å². The van der Waals surface area contributed by atoms with Crippen molar-refractivity contribution in [1.29, 1.82) is 0 Å². The largest absolute Gasteiger partial charge is 0.465 e. The van der Waals surface area contributed by atoms with Gasteiger partial charge in [0.05, 0.1) is 11.2 Å². The van der Waals surface area contributed by atoms with Crippen LogP contribution in [0.5, 0.6) is 0 Å². The molecule has 0 spiro atoms. The molecular formula is C19H24N4O3. The van der Waals surface area contributed by atoms with E-state index in [1.165, 1.54) is 4.90 Å². The number of hydrogen-bond acceptors (Lipinski definition) is 5. The highest BCUT2D eigenvalue weighted by molar-refractivity contribution is 5.84. The summed E-state index contributed by atoms with van der Waals surface area (Å²) in [7, 11) is 1.76. The third kappa shape index (κ3) is 3.07. The fourth-order valence-electron chi connectivity index (χ4n) is 4.19. The van der Waals surface area contributed by atoms with Crippen molar-refractivity contribution < 1.29 is 14.6 Å². The summed E-state index contributed by atoms with van der Waals surface area (Å²) in [6.07, 6.45) is 4.71. The maximum atomic E-state index is 11.1. The molecule has 0 radical (unpaired) electrons. The average Bonchev–Trinajstić information content (AvgIpc) is 3.16. The Morgan fingerprint density at radius 1 is 1.19 bits per heavy atom. The Morgan fingerprint density at radius 2 is 2.00 bits per heavy atom. The van der Waals surface area contributed by atoms with Crippen LogP contribution in [0.4, 0.5) is 10.5 Å². The molecule has 2 fully saturated rings. The molecule has 2 saturated heterocycles. The van der Waals surface area contributed by atoms with Crippen molar-refractivity contribution >= 4 is 22.7 Å². The van der Waals surface area contributed by atoms with Crippen LogP contribution in [-0.2, 0) is 4.74 Å². The molecule has 0 aliphatic carbocycles. The minimum Gasteiger partial charge on any atom is -0.465 e. The van der Waals surface area contributed by atoms with Crippen LogP contribution in [0.1, 0.15) is 37.3 Å². The predicted octanol–water partition coefficient (Wildman–Crippen LogP) is 3.06. The molecule has 1 N–H and O–H groups in total. The number of hydrogen-bond donors (Lipinski definition) is 1. The minimum atomic E-state index is -0.834. The molecule has 2 aromatic rings. The van der Waals surface area contributed by atoms with Crippen molar-refractivity contribution in [3.05, 3.63) is 30.2 Å². The molecule has 1 atom stereocenters. The third-order valence-corrected chi connectivity index (χ3v) is 5.60. The minimum absolute atomic E-state index is 0.133. The lowest BCUT2D eigenvalue weighted by molar-refractivity contribution is 0.111. The second-order valence-corrected chi connectivity index (χ2v) is 7.03. The highest BCUT2D eigenvalue weighted by Crippen LogP contribution is 2.33. The number of ether oxygens (including phenoxy) is 1. The number of methoxy groups -OCH3 is 1. The topological polar surface area (TPSA) is 78.8 Å². The molecule has 2 aliphatic rings. The smallest absolute Gasteiger partial charge is 0.407 e. The molecule has 1 aromatic carbocycles. The molecule has 4 rings (SSSR count). The van der Waals surface area contributed by atoms with Gasteiger partial charge in [0, 0.05) is 43.7 Å². The van der Waals surface area contributed by atoms with Crippen LogP contribution in [0.15, 0.2) is 24.5 Å². The third-order valence-electron chi connectivity index (χ3n) is 5.60. The van der Waals surface area contributed by atoms with Gasteiger partial charge in [0.25, 0.3) is 0 Å². The zero-order valence-corrected chi connectivity index (χ0v) is 15.0. The molecule has 138 valence electrons. The van der Waals surface area contributed by atoms with Crippen LogP contribution in [-0.4, -0.2) is 59.0 Å². The van der Waals surface area contributed by atoms with Crippen LogP contribution >= 0.6 is 0 Å². The second kappa shape index (κ2) is 7.07. The lowest BCUT2D eigenvalue weighted by Crippen LogP contribution is -2.37. The number of benzene rings is 1. The number of likely N-dealkylation sites (tertiary alicyclic amines) is 1. The van der Waals surface area contributed by atoms with E-state index >= 15 is 0 Å². The standard InChI is InChI=1S/C19H24N4O3/c1-26-17-3-2-8-23(17)14-4-5-15-16(11-14)20-12-21-18(15)13-6-9-22(10-7-13)19(24)25/h4-5,11-13,17H,2-3,6-10H2,1H3,(H,24,25). The molecule has 1 aromatic heterocycles. The van der Waals surface area contributed by atoms with E-state index in [1.54, 1.807) is 13.4 Å². The normalized spacial score (nSPS) is 21.5. The number of anilines is 1. The highest BCUT2D eigenvalue weighted by atomic mass is 16.5. The van der Waals surface area contributed by atoms with Crippen molar-refractivity contribution in [1.82, 2.24) is 14.9 Å². The fourth-order valence-corrected chi connectivity index (χ4v) is 4.19. The number of piperidine rings is 1. The molecule has 1 unspecified atom stereocenters. The molecule has 2 aliphatic heterocycles. The van der Waals surface area contributed by atoms with E-state index in [0.29, 0.717) is 13.1 Å². The summed E-state index contributed by atoms with van der Waals surface area (Å²) in [5.74, 6) is 0.278. The average molecular weight is 356 g/mol. The summed E-state index contributed by atoms with van der Waals surface area (Å²) >= 11 is 0. The van der Waals surface area contributed by atoms with Crippen molar-refractivity contribution in [2.75, 3.05) is 31.6 Å². The van der Waals surface area contributed by atoms with Crippen LogP contribution in [0.25, 0.3) is 10.9 Å². The first-order valence-corrected chi connectivity index (χ1v) is 9.19. The Labute approximate surface area is 152 Å². The Morgan fingerprint density at radius 3 is 2.73 bits per heavy atom. The van der Waals surface area contributed by atoms with Crippen LogP contribution in [0.3, 0.4) is 0 Å². The van der Waals surface area contributed by atoms with Gasteiger partial charge in [-0.25, -0.2) is 14.8 Å². The summed E-state index contributed by atoms with van der Waals surface area (Å²) in [5.41, 5.74) is 3.11. The molecular weight excluding hydrogens is 332 g/mol. The zero-order chi connectivity index (χ0) is 18.1. The van der Waals surface area contributed by atoms with Gasteiger partial charge in [-0.05, 0) is 43.9 Å². The van der Waals surface area contributed by atoms with Crippen LogP contribution in [0.2, 0.25) is 0 Å². The van der Waals surface area contributed by atoms with E-state index in [1.807, 2.05) is 0 Å². The van der Waals surface area contributed by atoms with Crippen molar-refractivity contribution in [3.63, 3.8) is 0 Å². The lowest BCUT2D eigenvalue weighted by atomic mass is 9.91. The van der Waals surface area contributed by atoms with Gasteiger partial charge in [-0.15, -0.1) is 0 Å². The summed E-state index contributed by atoms with van der Waals surface area (Å²) < 4.78 is 5.58. The van der Waals surface area contributed by atoms with Gasteiger partial charge < -0.3 is 19.6 Å². The summed E-state index contributed by atoms with van der Waals surface area (Å²) in [6.45, 7) is 2.12. The van der Waals surface area contributed by atoms with Gasteiger partial charge in [0.15, 0.2) is 0 Å². The fraction of sp³-hybridized carbons (Fsp3) is 0.526. The number of rotatable bonds is 3. The van der Waals surface area contributed by atoms with E-state index in [0.717, 1.165) is 54.5 Å². The van der Waals surface area contributed by atoms with E-state index in [9.17, 15) is 4.79 Å². The molecule has 7 nitrogen and oxygen atoms in total. The number of carbonyl (C=O) groups is 1. The van der Waals surface area contributed by atoms with Crippen molar-refractivity contribution in [2.45, 2.75) is 37.8 Å². The molecule has 7 heteroatoms. The molecule has 0 saturated carbocycles. The maximum Gasteiger partial charge on any atom is 0.407 e. The molecule has 26 heavy (non-hydrogen) atoms. The Balaban J connectivity index is 1.60. The van der Waals surface area contributed by atoms with Gasteiger partial charge in [-0.1, -0.05) is 0 Å². The van der Waals surface area contributed by atoms with E-state index in [-0.39, 0.29) is 12.1 Å². The molecule has 0 bridgehead atoms. The Bertz CT molecular complexity index is 804. The first-order chi connectivity index (χ1) is 12.7. The monoisotopic (exact) mass is 356 g/mol. The number of amides is 1. The van der Waals surface area contributed by atoms with Gasteiger partial charge in [0.1, 0.15) is 12.6 Å². The summed E-state index contributed by atoms with van der Waals surface area (Å²) in [5, 5.41) is 10.2. The van der Waals surface area contributed by atoms with Crippen molar-refractivity contribution in [3.8, 4) is 0 Å². The first-order valence-electron chi connectivity index (χ1n) is 9.19. The first kappa shape index (κ1) is 17.0. The number of nitrogens with zero attached hydrogens (tertiary/aromatic N) is 4. The molecule has 1 amide bonds. The Kier molecular flexibility index (Phi) is 4.63. The van der Waals surface area contributed by atoms with Gasteiger partial charge >= 0.3 is 6.09 Å². The lowest BCUT2D eigenvalue weighted by Gasteiger charge is -2.30. The van der Waals surface area contributed by atoms with Gasteiger partial charge in [-0.2, -0.15) is 0 Å². The van der Waals surface area contributed by atoms with Crippen molar-refractivity contribution in [2.24, 2.45) is 0 Å². The SMILES string of the molecule is COC1CCCN1c1ccc2c(C3CCN(C(=O)O)CC3)ncnc2c1. The van der Waals surface area contributed by atoms with Gasteiger partial charge in [0.2, 0.25) is 0 Å². The van der Waals surface area contributed by atoms with Crippen LogP contribution in [0, 0.1) is 0 Å². The Hall–Kier alpha value is -2.41. The molecule has 3 heterocycles. The van der Waals surface area contributed by atoms with E-state index in [4.69, 9.17) is 9.84 Å². The number of fused-ring (bicyclic) bond motifs is 1. The highest BCUT2D eigenvalue weighted by Gasteiger charge is 2.27. The quantitative estimate of drug-likeness (QED) is 0.911. The number of carboxylic acid groups (broad SMARTS) is 1. The predicted molar refractivity (Wildman–Crippen MR) is 98.5 cm³/mol. The maximum absolute atomic E-state index is 11.1.